The van der Waals surface area contributed by atoms with Crippen LogP contribution in [0.4, 0.5) is 10.0 Å². The molecule has 7 rings (SSSR count). The smallest absolute Gasteiger partial charge is 0.350 e. The first-order valence-corrected chi connectivity index (χ1v) is 16.4. The summed E-state index contributed by atoms with van der Waals surface area (Å²) in [4.78, 5) is 17.0. The van der Waals surface area contributed by atoms with Crippen molar-refractivity contribution in [1.82, 2.24) is 0 Å². The van der Waals surface area contributed by atoms with Crippen molar-refractivity contribution in [1.29, 1.82) is 10.5 Å². The minimum atomic E-state index is -0.232. The normalized spacial score (nSPS) is 16.4. The monoisotopic (exact) mass is 634 g/mol. The van der Waals surface area contributed by atoms with Gasteiger partial charge in [-0.2, -0.15) is 0 Å². The SMILES string of the molecule is [C-]#[N+]C(C#N)=Nc1ccc(C2=Cc3cc4sc5cc6c(cc5c4cc3C2(C)C)C(C)(C)C(c2ccc(N=C(C#N)[N+]#[C-])s2)=C6)s1. The van der Waals surface area contributed by atoms with Crippen molar-refractivity contribution in [2.45, 2.75) is 38.5 Å². The molecule has 0 radical (unpaired) electrons. The van der Waals surface area contributed by atoms with E-state index in [2.05, 4.69) is 83.8 Å². The molecular formula is C36H22N6S3. The fourth-order valence-corrected chi connectivity index (χ4v) is 9.64. The topological polar surface area (TPSA) is 81.0 Å². The summed E-state index contributed by atoms with van der Waals surface area (Å²) in [6.45, 7) is 23.3. The molecule has 9 heteroatoms. The van der Waals surface area contributed by atoms with Crippen molar-refractivity contribution in [2.75, 3.05) is 0 Å². The van der Waals surface area contributed by atoms with E-state index in [0.717, 1.165) is 9.75 Å². The molecule has 2 aromatic carbocycles. The Morgan fingerprint density at radius 2 is 1.09 bits per heavy atom. The number of hydrogen-bond acceptors (Lipinski definition) is 7. The zero-order chi connectivity index (χ0) is 31.7. The molecule has 0 aliphatic heterocycles. The molecule has 0 bridgehead atoms. The van der Waals surface area contributed by atoms with Crippen LogP contribution < -0.4 is 0 Å². The summed E-state index contributed by atoms with van der Waals surface area (Å²) < 4.78 is 2.51. The van der Waals surface area contributed by atoms with E-state index in [1.165, 1.54) is 76.2 Å². The van der Waals surface area contributed by atoms with Gasteiger partial charge in [0.25, 0.3) is 0 Å². The maximum atomic E-state index is 9.12. The van der Waals surface area contributed by atoms with Gasteiger partial charge >= 0.3 is 11.7 Å². The molecule has 6 nitrogen and oxygen atoms in total. The number of rotatable bonds is 4. The predicted octanol–water partition coefficient (Wildman–Crippen LogP) is 10.8. The molecule has 0 saturated carbocycles. The Bertz CT molecular complexity index is 2230. The maximum absolute atomic E-state index is 9.12. The Balaban J connectivity index is 1.28. The van der Waals surface area contributed by atoms with Crippen LogP contribution in [0.15, 0.2) is 58.5 Å². The molecular weight excluding hydrogens is 613 g/mol. The molecule has 0 saturated heterocycles. The fraction of sp³-hybridized carbons (Fsp3) is 0.167. The lowest BCUT2D eigenvalue weighted by atomic mass is 9.79. The summed E-state index contributed by atoms with van der Waals surface area (Å²) in [5, 5.41) is 22.1. The minimum absolute atomic E-state index is 0.157. The highest BCUT2D eigenvalue weighted by Crippen LogP contribution is 2.54. The van der Waals surface area contributed by atoms with E-state index in [1.54, 1.807) is 0 Å². The Hall–Kier alpha value is -5.16. The van der Waals surface area contributed by atoms with E-state index in [-0.39, 0.29) is 22.5 Å². The third-order valence-corrected chi connectivity index (χ3v) is 11.8. The highest BCUT2D eigenvalue weighted by Gasteiger charge is 2.37. The van der Waals surface area contributed by atoms with Crippen LogP contribution in [0.3, 0.4) is 0 Å². The second-order valence-corrected chi connectivity index (χ2v) is 15.1. The summed E-state index contributed by atoms with van der Waals surface area (Å²) in [6, 6.07) is 20.9. The Morgan fingerprint density at radius 3 is 1.47 bits per heavy atom. The number of hydrogen-bond donors (Lipinski definition) is 0. The van der Waals surface area contributed by atoms with Crippen LogP contribution in [-0.2, 0) is 10.8 Å². The summed E-state index contributed by atoms with van der Waals surface area (Å²) in [5.41, 5.74) is 6.95. The number of benzene rings is 2. The number of thiophene rings is 3. The van der Waals surface area contributed by atoms with Crippen LogP contribution in [0.1, 0.15) is 59.7 Å². The van der Waals surface area contributed by atoms with Crippen LogP contribution in [0.2, 0.25) is 0 Å². The van der Waals surface area contributed by atoms with Crippen LogP contribution in [0.25, 0.3) is 53.2 Å². The van der Waals surface area contributed by atoms with Gasteiger partial charge in [0.1, 0.15) is 12.1 Å². The van der Waals surface area contributed by atoms with E-state index in [0.29, 0.717) is 10.0 Å². The van der Waals surface area contributed by atoms with Gasteiger partial charge in [-0.15, -0.1) is 11.3 Å². The van der Waals surface area contributed by atoms with Crippen LogP contribution in [-0.4, -0.2) is 11.7 Å². The van der Waals surface area contributed by atoms with E-state index in [9.17, 15) is 0 Å². The second kappa shape index (κ2) is 10.2. The molecule has 2 aliphatic carbocycles. The van der Waals surface area contributed by atoms with Gasteiger partial charge in [-0.3, -0.25) is 0 Å². The van der Waals surface area contributed by atoms with Gasteiger partial charge in [0, 0.05) is 40.8 Å². The van der Waals surface area contributed by atoms with E-state index < -0.39 is 0 Å². The van der Waals surface area contributed by atoms with Gasteiger partial charge < -0.3 is 9.69 Å². The summed E-state index contributed by atoms with van der Waals surface area (Å²) in [7, 11) is 0. The molecule has 0 N–H and O–H groups in total. The quantitative estimate of drug-likeness (QED) is 0.112. The van der Waals surface area contributed by atoms with Gasteiger partial charge in [-0.1, -0.05) is 73.5 Å². The van der Waals surface area contributed by atoms with E-state index >= 15 is 0 Å². The van der Waals surface area contributed by atoms with Crippen molar-refractivity contribution >= 4 is 99.2 Å². The lowest BCUT2D eigenvalue weighted by molar-refractivity contribution is 0.706. The van der Waals surface area contributed by atoms with E-state index in [1.807, 2.05) is 47.7 Å². The lowest BCUT2D eigenvalue weighted by Gasteiger charge is -2.24. The maximum Gasteiger partial charge on any atom is 0.350 e. The standard InChI is InChI=1S/C36H22N6S3/c1-35(2)23-15-21-22-16-24-20(12-26(36(24,3)4)28-8-10-34(45-28)42-32(18-38)40-6)14-30(22)43-29(21)13-19(23)11-25(35)27-7-9-33(44-27)41-31(17-37)39-5/h7-16H,1-4H3. The van der Waals surface area contributed by atoms with Gasteiger partial charge in [0.05, 0.1) is 0 Å². The fourth-order valence-electron chi connectivity index (χ4n) is 6.36. The molecule has 0 spiro atoms. The molecule has 0 unspecified atom stereocenters. The third-order valence-electron chi connectivity index (χ3n) is 8.67. The van der Waals surface area contributed by atoms with Crippen molar-refractivity contribution < 1.29 is 0 Å². The average molecular weight is 635 g/mol. The number of nitriles is 2. The highest BCUT2D eigenvalue weighted by atomic mass is 32.1. The van der Waals surface area contributed by atoms with Gasteiger partial charge in [-0.25, -0.2) is 10.5 Å². The minimum Gasteiger partial charge on any atom is -0.351 e. The third kappa shape index (κ3) is 4.45. The van der Waals surface area contributed by atoms with Gasteiger partial charge in [-0.05, 0) is 94.1 Å². The lowest BCUT2D eigenvalue weighted by Crippen LogP contribution is -2.16. The Morgan fingerprint density at radius 1 is 0.667 bits per heavy atom. The molecule has 45 heavy (non-hydrogen) atoms. The molecule has 214 valence electrons. The summed E-state index contributed by atoms with van der Waals surface area (Å²) >= 11 is 4.82. The molecule has 0 amide bonds. The van der Waals surface area contributed by atoms with Crippen molar-refractivity contribution in [3.63, 3.8) is 0 Å². The molecule has 3 heterocycles. The molecule has 0 atom stereocenters. The first kappa shape index (κ1) is 28.6. The first-order valence-electron chi connectivity index (χ1n) is 14.0. The number of amidine groups is 2. The summed E-state index contributed by atoms with van der Waals surface area (Å²) in [5.74, 6) is -0.314. The zero-order valence-electron chi connectivity index (χ0n) is 24.7. The van der Waals surface area contributed by atoms with E-state index in [4.69, 9.17) is 23.7 Å². The first-order chi connectivity index (χ1) is 21.6. The molecule has 5 aromatic rings. The molecule has 2 aliphatic rings. The van der Waals surface area contributed by atoms with Crippen LogP contribution >= 0.6 is 34.0 Å². The Labute approximate surface area is 272 Å². The van der Waals surface area contributed by atoms with Crippen molar-refractivity contribution in [3.05, 3.63) is 103 Å². The molecule has 3 aromatic heterocycles. The largest absolute Gasteiger partial charge is 0.351 e. The second-order valence-electron chi connectivity index (χ2n) is 11.9. The highest BCUT2D eigenvalue weighted by molar-refractivity contribution is 7.25. The predicted molar refractivity (Wildman–Crippen MR) is 188 cm³/mol. The number of nitrogens with zero attached hydrogens (tertiary/aromatic N) is 6. The van der Waals surface area contributed by atoms with Crippen LogP contribution in [0, 0.1) is 35.8 Å². The Kier molecular flexibility index (Phi) is 6.48. The molecule has 0 fully saturated rings. The number of aliphatic imine (C=N–C) groups is 2. The van der Waals surface area contributed by atoms with Gasteiger partial charge in [0.2, 0.25) is 10.0 Å². The van der Waals surface area contributed by atoms with Gasteiger partial charge in [0.15, 0.2) is 0 Å². The zero-order valence-corrected chi connectivity index (χ0v) is 27.1. The average Bonchev–Trinajstić information content (AvgIpc) is 3.83. The van der Waals surface area contributed by atoms with Crippen molar-refractivity contribution in [3.8, 4) is 12.1 Å². The number of allylic oxidation sites excluding steroid dienone is 2. The number of fused-ring (bicyclic) bond motifs is 5. The van der Waals surface area contributed by atoms with Crippen LogP contribution in [0.5, 0.6) is 0 Å². The van der Waals surface area contributed by atoms with Crippen molar-refractivity contribution in [2.24, 2.45) is 9.98 Å². The summed E-state index contributed by atoms with van der Waals surface area (Å²) in [6.07, 6.45) is 4.54.